The van der Waals surface area contributed by atoms with Gasteiger partial charge in [-0.15, -0.1) is 0 Å². The molecule has 0 heterocycles. The Bertz CT molecular complexity index is 497. The van der Waals surface area contributed by atoms with Crippen LogP contribution in [0.4, 0.5) is 0 Å². The van der Waals surface area contributed by atoms with Crippen LogP contribution in [0.1, 0.15) is 31.4 Å². The van der Waals surface area contributed by atoms with E-state index in [1.165, 1.54) is 0 Å². The summed E-state index contributed by atoms with van der Waals surface area (Å²) < 4.78 is 24.6. The minimum Gasteiger partial charge on any atom is -0.316 e. The van der Waals surface area contributed by atoms with Gasteiger partial charge in [-0.3, -0.25) is 0 Å². The molecule has 1 rings (SSSR count). The van der Waals surface area contributed by atoms with Gasteiger partial charge in [-0.2, -0.15) is 0 Å². The van der Waals surface area contributed by atoms with Crippen molar-refractivity contribution in [1.29, 1.82) is 0 Å². The molecular weight excluding hydrogens is 258 g/mol. The van der Waals surface area contributed by atoms with Crippen molar-refractivity contribution in [3.63, 3.8) is 0 Å². The Morgan fingerprint density at radius 2 is 1.89 bits per heavy atom. The smallest absolute Gasteiger partial charge is 0.155 e. The molecule has 0 aliphatic rings. The highest BCUT2D eigenvalue weighted by atomic mass is 32.2. The van der Waals surface area contributed by atoms with E-state index in [-0.39, 0.29) is 17.5 Å². The van der Waals surface area contributed by atoms with E-state index in [9.17, 15) is 8.42 Å². The number of nitrogens with one attached hydrogen (secondary N) is 1. The Morgan fingerprint density at radius 3 is 2.42 bits per heavy atom. The van der Waals surface area contributed by atoms with Crippen LogP contribution in [0.2, 0.25) is 0 Å². The number of benzene rings is 1. The van der Waals surface area contributed by atoms with Crippen LogP contribution < -0.4 is 5.32 Å². The first-order valence-electron chi connectivity index (χ1n) is 6.81. The van der Waals surface area contributed by atoms with Gasteiger partial charge < -0.3 is 5.32 Å². The zero-order valence-electron chi connectivity index (χ0n) is 12.3. The SMILES string of the molecule is CCC(C)C(CS(=O)(=O)Cc1ccccc1C)NC. The molecule has 0 bridgehead atoms. The molecule has 0 saturated carbocycles. The molecule has 0 aromatic heterocycles. The number of aryl methyl sites for hydroxylation is 1. The second-order valence-electron chi connectivity index (χ2n) is 5.26. The van der Waals surface area contributed by atoms with Crippen LogP contribution in [0, 0.1) is 12.8 Å². The highest BCUT2D eigenvalue weighted by Gasteiger charge is 2.22. The van der Waals surface area contributed by atoms with Crippen molar-refractivity contribution in [1.82, 2.24) is 5.32 Å². The largest absolute Gasteiger partial charge is 0.316 e. The molecule has 0 fully saturated rings. The Labute approximate surface area is 117 Å². The third-order valence-electron chi connectivity index (χ3n) is 3.77. The Hall–Kier alpha value is -0.870. The van der Waals surface area contributed by atoms with Crippen molar-refractivity contribution in [2.45, 2.75) is 39.0 Å². The zero-order chi connectivity index (χ0) is 14.5. The van der Waals surface area contributed by atoms with E-state index in [2.05, 4.69) is 19.2 Å². The maximum absolute atomic E-state index is 12.3. The number of sulfone groups is 1. The molecule has 0 radical (unpaired) electrons. The van der Waals surface area contributed by atoms with E-state index in [1.54, 1.807) is 0 Å². The normalized spacial score (nSPS) is 15.2. The average Bonchev–Trinajstić information content (AvgIpc) is 2.37. The van der Waals surface area contributed by atoms with Gasteiger partial charge in [-0.05, 0) is 31.0 Å². The van der Waals surface area contributed by atoms with Crippen LogP contribution in [0.15, 0.2) is 24.3 Å². The number of rotatable bonds is 7. The van der Waals surface area contributed by atoms with Gasteiger partial charge in [0.2, 0.25) is 0 Å². The lowest BCUT2D eigenvalue weighted by molar-refractivity contribution is 0.413. The summed E-state index contributed by atoms with van der Waals surface area (Å²) in [4.78, 5) is 0. The highest BCUT2D eigenvalue weighted by molar-refractivity contribution is 7.90. The van der Waals surface area contributed by atoms with Crippen LogP contribution in [0.25, 0.3) is 0 Å². The highest BCUT2D eigenvalue weighted by Crippen LogP contribution is 2.15. The van der Waals surface area contributed by atoms with Gasteiger partial charge in [-0.1, -0.05) is 44.5 Å². The molecule has 0 spiro atoms. The molecule has 4 heteroatoms. The first-order chi connectivity index (χ1) is 8.89. The second kappa shape index (κ2) is 7.06. The molecule has 1 aromatic rings. The van der Waals surface area contributed by atoms with Crippen molar-refractivity contribution >= 4 is 9.84 Å². The van der Waals surface area contributed by atoms with Gasteiger partial charge in [0.05, 0.1) is 11.5 Å². The van der Waals surface area contributed by atoms with Crippen molar-refractivity contribution in [2.75, 3.05) is 12.8 Å². The van der Waals surface area contributed by atoms with Crippen molar-refractivity contribution in [3.8, 4) is 0 Å². The molecular formula is C15H25NO2S. The summed E-state index contributed by atoms with van der Waals surface area (Å²) in [5, 5.41) is 3.13. The van der Waals surface area contributed by atoms with Gasteiger partial charge in [0, 0.05) is 6.04 Å². The third kappa shape index (κ3) is 4.96. The third-order valence-corrected chi connectivity index (χ3v) is 5.39. The number of hydrogen-bond acceptors (Lipinski definition) is 3. The molecule has 0 aliphatic heterocycles. The topological polar surface area (TPSA) is 46.2 Å². The molecule has 0 aliphatic carbocycles. The molecule has 0 amide bonds. The Balaban J connectivity index is 2.79. The fourth-order valence-electron chi connectivity index (χ4n) is 2.16. The second-order valence-corrected chi connectivity index (χ2v) is 7.37. The summed E-state index contributed by atoms with van der Waals surface area (Å²) >= 11 is 0. The maximum Gasteiger partial charge on any atom is 0.155 e. The van der Waals surface area contributed by atoms with Crippen LogP contribution >= 0.6 is 0 Å². The van der Waals surface area contributed by atoms with E-state index in [0.717, 1.165) is 17.5 Å². The van der Waals surface area contributed by atoms with Crippen LogP contribution in [0.3, 0.4) is 0 Å². The van der Waals surface area contributed by atoms with E-state index in [4.69, 9.17) is 0 Å². The summed E-state index contributed by atoms with van der Waals surface area (Å²) in [5.74, 6) is 0.692. The van der Waals surface area contributed by atoms with E-state index >= 15 is 0 Å². The first-order valence-corrected chi connectivity index (χ1v) is 8.64. The van der Waals surface area contributed by atoms with Crippen molar-refractivity contribution in [3.05, 3.63) is 35.4 Å². The standard InChI is InChI=1S/C15H25NO2S/c1-5-12(2)15(16-4)11-19(17,18)10-14-9-7-6-8-13(14)3/h6-9,12,15-16H,5,10-11H2,1-4H3. The summed E-state index contributed by atoms with van der Waals surface area (Å²) in [6.07, 6.45) is 0.978. The summed E-state index contributed by atoms with van der Waals surface area (Å²) in [7, 11) is -1.25. The van der Waals surface area contributed by atoms with Gasteiger partial charge in [0.25, 0.3) is 0 Å². The van der Waals surface area contributed by atoms with Crippen molar-refractivity contribution in [2.24, 2.45) is 5.92 Å². The van der Waals surface area contributed by atoms with Gasteiger partial charge in [0.15, 0.2) is 9.84 Å². The number of hydrogen-bond donors (Lipinski definition) is 1. The van der Waals surface area contributed by atoms with E-state index in [1.807, 2.05) is 38.2 Å². The minimum atomic E-state index is -3.09. The molecule has 19 heavy (non-hydrogen) atoms. The average molecular weight is 283 g/mol. The molecule has 1 N–H and O–H groups in total. The molecule has 1 aromatic carbocycles. The minimum absolute atomic E-state index is 0.0269. The maximum atomic E-state index is 12.3. The van der Waals surface area contributed by atoms with Crippen LogP contribution in [0.5, 0.6) is 0 Å². The fourth-order valence-corrected chi connectivity index (χ4v) is 4.12. The van der Waals surface area contributed by atoms with E-state index in [0.29, 0.717) is 5.92 Å². The summed E-state index contributed by atoms with van der Waals surface area (Å²) in [5.41, 5.74) is 1.94. The molecule has 108 valence electrons. The zero-order valence-corrected chi connectivity index (χ0v) is 13.1. The fraction of sp³-hybridized carbons (Fsp3) is 0.600. The quantitative estimate of drug-likeness (QED) is 0.836. The van der Waals surface area contributed by atoms with Gasteiger partial charge in [-0.25, -0.2) is 8.42 Å². The summed E-state index contributed by atoms with van der Waals surface area (Å²) in [6.45, 7) is 6.13. The molecule has 3 nitrogen and oxygen atoms in total. The summed E-state index contributed by atoms with van der Waals surface area (Å²) in [6, 6.07) is 7.70. The lowest BCUT2D eigenvalue weighted by Crippen LogP contribution is -2.38. The monoisotopic (exact) mass is 283 g/mol. The van der Waals surface area contributed by atoms with Gasteiger partial charge >= 0.3 is 0 Å². The van der Waals surface area contributed by atoms with Crippen LogP contribution in [-0.2, 0) is 15.6 Å². The lowest BCUT2D eigenvalue weighted by atomic mass is 10.0. The predicted octanol–water partition coefficient (Wildman–Crippen LogP) is 2.54. The Morgan fingerprint density at radius 1 is 1.26 bits per heavy atom. The van der Waals surface area contributed by atoms with Crippen molar-refractivity contribution < 1.29 is 8.42 Å². The molecule has 2 atom stereocenters. The van der Waals surface area contributed by atoms with Gasteiger partial charge in [0.1, 0.15) is 0 Å². The van der Waals surface area contributed by atoms with Crippen LogP contribution in [-0.4, -0.2) is 27.3 Å². The Kier molecular flexibility index (Phi) is 6.01. The predicted molar refractivity (Wildman–Crippen MR) is 81.0 cm³/mol. The first kappa shape index (κ1) is 16.2. The molecule has 2 unspecified atom stereocenters. The van der Waals surface area contributed by atoms with E-state index < -0.39 is 9.84 Å². The lowest BCUT2D eigenvalue weighted by Gasteiger charge is -2.22. The molecule has 0 saturated heterocycles.